The molecule has 276 valence electrons. The maximum absolute atomic E-state index is 14.7. The number of rotatable bonds is 7. The van der Waals surface area contributed by atoms with E-state index < -0.39 is 16.1 Å². The third kappa shape index (κ3) is 8.53. The van der Waals surface area contributed by atoms with Crippen LogP contribution in [0.25, 0.3) is 11.3 Å². The molecule has 1 N–H and O–H groups in total. The van der Waals surface area contributed by atoms with Crippen molar-refractivity contribution >= 4 is 27.7 Å². The average Bonchev–Trinajstić information content (AvgIpc) is 3.08. The molecule has 1 amide bonds. The monoisotopic (exact) mass is 727 g/mol. The molecule has 0 radical (unpaired) electrons. The van der Waals surface area contributed by atoms with Crippen LogP contribution >= 0.6 is 0 Å². The number of nitrogens with zero attached hydrogens (tertiary/aromatic N) is 6. The molecule has 1 unspecified atom stereocenters. The van der Waals surface area contributed by atoms with Gasteiger partial charge in [0.1, 0.15) is 12.4 Å². The average molecular weight is 728 g/mol. The van der Waals surface area contributed by atoms with Crippen molar-refractivity contribution in [1.82, 2.24) is 24.8 Å². The maximum atomic E-state index is 14.7. The molecule has 1 fully saturated rings. The van der Waals surface area contributed by atoms with Gasteiger partial charge in [-0.05, 0) is 81.7 Å². The molecule has 4 heterocycles. The van der Waals surface area contributed by atoms with Crippen LogP contribution in [0.3, 0.4) is 0 Å². The van der Waals surface area contributed by atoms with Crippen molar-refractivity contribution in [3.8, 4) is 17.1 Å². The van der Waals surface area contributed by atoms with Crippen molar-refractivity contribution in [2.45, 2.75) is 97.3 Å². The van der Waals surface area contributed by atoms with Crippen molar-refractivity contribution < 1.29 is 22.7 Å². The highest BCUT2D eigenvalue weighted by atomic mass is 32.2. The van der Waals surface area contributed by atoms with Gasteiger partial charge in [-0.3, -0.25) is 9.78 Å². The van der Waals surface area contributed by atoms with Crippen LogP contribution in [0, 0.1) is 19.3 Å². The van der Waals surface area contributed by atoms with Gasteiger partial charge < -0.3 is 19.3 Å². The fraction of sp³-hybridized carbons (Fsp3) is 0.462. The van der Waals surface area contributed by atoms with E-state index >= 15 is 0 Å². The van der Waals surface area contributed by atoms with Crippen molar-refractivity contribution in [3.63, 3.8) is 0 Å². The van der Waals surface area contributed by atoms with E-state index in [4.69, 9.17) is 14.5 Å². The first-order chi connectivity index (χ1) is 24.7. The Balaban J connectivity index is 1.45. The van der Waals surface area contributed by atoms with E-state index in [1.807, 2.05) is 32.0 Å². The topological polar surface area (TPSA) is 140 Å². The Hall–Kier alpha value is -4.62. The van der Waals surface area contributed by atoms with Crippen molar-refractivity contribution in [2.75, 3.05) is 29.4 Å². The summed E-state index contributed by atoms with van der Waals surface area (Å²) >= 11 is 0. The van der Waals surface area contributed by atoms with Gasteiger partial charge in [0, 0.05) is 42.5 Å². The molecular formula is C39H49N7O5S. The molecule has 6 rings (SSSR count). The second kappa shape index (κ2) is 15.2. The molecule has 12 nitrogen and oxygen atoms in total. The lowest BCUT2D eigenvalue weighted by atomic mass is 9.87. The molecule has 13 heteroatoms. The molecule has 4 bridgehead atoms. The van der Waals surface area contributed by atoms with E-state index in [1.165, 1.54) is 12.1 Å². The molecule has 52 heavy (non-hydrogen) atoms. The number of hydrogen-bond acceptors (Lipinski definition) is 10. The van der Waals surface area contributed by atoms with Gasteiger partial charge in [0.05, 0.1) is 41.3 Å². The highest BCUT2D eigenvalue weighted by Crippen LogP contribution is 2.32. The van der Waals surface area contributed by atoms with Gasteiger partial charge in [0.25, 0.3) is 15.9 Å². The SMILES string of the molecule is Cc1cccc(C)c1-c1cc2nc(n1)NS(=O)(=O)c1cccc(c1)C(=O)N(Cc1cncc(N(C(C)C)C3CCOCC3)n1)C(CC(C)(C)C)CO2. The number of carbonyl (C=O) groups excluding carboxylic acids is 1. The maximum Gasteiger partial charge on any atom is 0.264 e. The predicted molar refractivity (Wildman–Crippen MR) is 201 cm³/mol. The van der Waals surface area contributed by atoms with E-state index in [-0.39, 0.29) is 58.8 Å². The van der Waals surface area contributed by atoms with E-state index in [0.717, 1.165) is 35.3 Å². The highest BCUT2D eigenvalue weighted by Gasteiger charge is 2.33. The van der Waals surface area contributed by atoms with Gasteiger partial charge in [0.2, 0.25) is 11.8 Å². The lowest BCUT2D eigenvalue weighted by Gasteiger charge is -2.38. The van der Waals surface area contributed by atoms with E-state index in [1.54, 1.807) is 35.5 Å². The Morgan fingerprint density at radius 3 is 2.38 bits per heavy atom. The number of amides is 1. The third-order valence-corrected chi connectivity index (χ3v) is 10.8. The summed E-state index contributed by atoms with van der Waals surface area (Å²) in [4.78, 5) is 37.4. The van der Waals surface area contributed by atoms with Crippen molar-refractivity contribution in [2.24, 2.45) is 5.41 Å². The molecule has 0 aliphatic carbocycles. The minimum absolute atomic E-state index is 0.0840. The smallest absolute Gasteiger partial charge is 0.264 e. The zero-order chi connectivity index (χ0) is 37.2. The quantitative estimate of drug-likeness (QED) is 0.222. The van der Waals surface area contributed by atoms with Crippen LogP contribution in [0.15, 0.2) is 65.8 Å². The minimum atomic E-state index is -4.19. The van der Waals surface area contributed by atoms with Gasteiger partial charge in [0.15, 0.2) is 0 Å². The van der Waals surface area contributed by atoms with Crippen LogP contribution in [0.5, 0.6) is 5.88 Å². The summed E-state index contributed by atoms with van der Waals surface area (Å²) in [6, 6.07) is 13.7. The zero-order valence-electron chi connectivity index (χ0n) is 31.1. The van der Waals surface area contributed by atoms with Crippen molar-refractivity contribution in [3.05, 3.63) is 83.3 Å². The van der Waals surface area contributed by atoms with Crippen LogP contribution in [0.2, 0.25) is 0 Å². The Morgan fingerprint density at radius 2 is 1.69 bits per heavy atom. The van der Waals surface area contributed by atoms with Crippen LogP contribution in [0.1, 0.15) is 81.1 Å². The largest absolute Gasteiger partial charge is 0.475 e. The number of carbonyl (C=O) groups is 1. The number of aromatic nitrogens is 4. The first kappa shape index (κ1) is 37.1. The van der Waals surface area contributed by atoms with E-state index in [2.05, 4.69) is 59.2 Å². The predicted octanol–water partition coefficient (Wildman–Crippen LogP) is 6.58. The summed E-state index contributed by atoms with van der Waals surface area (Å²) in [6.45, 7) is 16.2. The Kier molecular flexibility index (Phi) is 10.8. The Morgan fingerprint density at radius 1 is 0.981 bits per heavy atom. The molecule has 0 saturated carbocycles. The molecule has 2 aromatic heterocycles. The molecular weight excluding hydrogens is 679 g/mol. The van der Waals surface area contributed by atoms with Gasteiger partial charge in [-0.2, -0.15) is 4.98 Å². The standard InChI is InChI=1S/C39H49N7O5S/c1-25(2)46(30-14-16-50-17-15-30)34-22-40-21-29(41-34)23-45-31(20-39(5,6)7)24-51-35-19-33(36-26(3)10-8-11-27(36)4)42-38(43-35)44-52(48,49)32-13-9-12-28(18-32)37(45)47/h8-13,18-19,21-22,25,30-31H,14-17,20,23-24H2,1-7H3,(H,42,43,44). The lowest BCUT2D eigenvalue weighted by Crippen LogP contribution is -2.46. The molecule has 2 aliphatic rings. The number of fused-ring (bicyclic) bond motifs is 4. The third-order valence-electron chi connectivity index (χ3n) is 9.44. The summed E-state index contributed by atoms with van der Waals surface area (Å²) < 4.78 is 42.2. The number of ether oxygens (including phenoxy) is 2. The summed E-state index contributed by atoms with van der Waals surface area (Å²) in [5, 5.41) is 0. The second-order valence-corrected chi connectivity index (χ2v) is 16.9. The fourth-order valence-corrected chi connectivity index (χ4v) is 8.14. The summed E-state index contributed by atoms with van der Waals surface area (Å²) in [5.41, 5.74) is 3.95. The number of aryl methyl sites for hydroxylation is 2. The van der Waals surface area contributed by atoms with Crippen molar-refractivity contribution in [1.29, 1.82) is 0 Å². The van der Waals surface area contributed by atoms with Crippen LogP contribution in [0.4, 0.5) is 11.8 Å². The molecule has 1 atom stereocenters. The van der Waals surface area contributed by atoms with Crippen LogP contribution < -0.4 is 14.4 Å². The van der Waals surface area contributed by atoms with Gasteiger partial charge in [-0.25, -0.2) is 23.1 Å². The Bertz CT molecular complexity index is 2010. The zero-order valence-corrected chi connectivity index (χ0v) is 31.9. The number of hydrogen-bond donors (Lipinski definition) is 1. The molecule has 1 saturated heterocycles. The van der Waals surface area contributed by atoms with E-state index in [9.17, 15) is 13.2 Å². The Labute approximate surface area is 307 Å². The number of sulfonamides is 1. The first-order valence-corrected chi connectivity index (χ1v) is 19.4. The fourth-order valence-electron chi connectivity index (χ4n) is 7.15. The summed E-state index contributed by atoms with van der Waals surface area (Å²) in [7, 11) is -4.19. The molecule has 4 aromatic rings. The molecule has 0 spiro atoms. The second-order valence-electron chi connectivity index (χ2n) is 15.2. The summed E-state index contributed by atoms with van der Waals surface area (Å²) in [6.07, 6.45) is 5.82. The van der Waals surface area contributed by atoms with Gasteiger partial charge >= 0.3 is 0 Å². The number of benzene rings is 2. The van der Waals surface area contributed by atoms with Crippen LogP contribution in [-0.4, -0.2) is 77.1 Å². The molecule has 2 aromatic carbocycles. The number of nitrogens with one attached hydrogen (secondary N) is 1. The van der Waals surface area contributed by atoms with Crippen LogP contribution in [-0.2, 0) is 21.3 Å². The molecule has 2 aliphatic heterocycles. The highest BCUT2D eigenvalue weighted by molar-refractivity contribution is 7.92. The van der Waals surface area contributed by atoms with Gasteiger partial charge in [-0.15, -0.1) is 0 Å². The normalized spacial score (nSPS) is 18.1. The lowest BCUT2D eigenvalue weighted by molar-refractivity contribution is 0.0509. The minimum Gasteiger partial charge on any atom is -0.475 e. The van der Waals surface area contributed by atoms with E-state index in [0.29, 0.717) is 31.0 Å². The number of anilines is 2. The van der Waals surface area contributed by atoms with Gasteiger partial charge in [-0.1, -0.05) is 45.0 Å². The summed E-state index contributed by atoms with van der Waals surface area (Å²) in [5.74, 6) is 0.462. The first-order valence-electron chi connectivity index (χ1n) is 17.9.